The summed E-state index contributed by atoms with van der Waals surface area (Å²) in [6.07, 6.45) is 3.67. The maximum atomic E-state index is 12.8. The van der Waals surface area contributed by atoms with E-state index < -0.39 is 0 Å². The van der Waals surface area contributed by atoms with E-state index in [2.05, 4.69) is 39.3 Å². The van der Waals surface area contributed by atoms with Gasteiger partial charge < -0.3 is 9.64 Å². The number of piperidine rings is 1. The first kappa shape index (κ1) is 20.3. The summed E-state index contributed by atoms with van der Waals surface area (Å²) < 4.78 is 7.57. The highest BCUT2D eigenvalue weighted by Gasteiger charge is 2.25. The van der Waals surface area contributed by atoms with Gasteiger partial charge in [-0.2, -0.15) is 0 Å². The van der Waals surface area contributed by atoms with Crippen LogP contribution >= 0.6 is 0 Å². The summed E-state index contributed by atoms with van der Waals surface area (Å²) in [5, 5.41) is 11.8. The maximum absolute atomic E-state index is 12.8. The highest BCUT2D eigenvalue weighted by Crippen LogP contribution is 2.15. The molecule has 0 aromatic carbocycles. The number of pyridine rings is 1. The zero-order valence-electron chi connectivity index (χ0n) is 16.9. The molecule has 1 aliphatic heterocycles. The molecule has 1 atom stereocenters. The summed E-state index contributed by atoms with van der Waals surface area (Å²) in [6, 6.07) is 6.15. The van der Waals surface area contributed by atoms with Crippen LogP contribution in [0.25, 0.3) is 0 Å². The van der Waals surface area contributed by atoms with Gasteiger partial charge in [-0.3, -0.25) is 14.7 Å². The lowest BCUT2D eigenvalue weighted by Gasteiger charge is -2.32. The Bertz CT molecular complexity index is 750. The summed E-state index contributed by atoms with van der Waals surface area (Å²) in [4.78, 5) is 21.0. The molecule has 1 unspecified atom stereocenters. The minimum absolute atomic E-state index is 0.0203. The van der Waals surface area contributed by atoms with Gasteiger partial charge in [-0.05, 0) is 56.3 Å². The number of carbonyl (C=O) groups excluding carboxylic acids is 1. The van der Waals surface area contributed by atoms with Gasteiger partial charge >= 0.3 is 0 Å². The Labute approximate surface area is 165 Å². The zero-order chi connectivity index (χ0) is 19.9. The second-order valence-corrected chi connectivity index (χ2v) is 7.50. The molecule has 0 radical (unpaired) electrons. The molecule has 1 amide bonds. The molecule has 9 heteroatoms. The first-order valence-electron chi connectivity index (χ1n) is 9.77. The molecule has 2 aromatic heterocycles. The number of nitrogens with zero attached hydrogens (tertiary/aromatic N) is 7. The van der Waals surface area contributed by atoms with Crippen LogP contribution in [0.1, 0.15) is 38.2 Å². The monoisotopic (exact) mass is 387 g/mol. The molecule has 152 valence electrons. The molecular formula is C19H29N7O2. The molecule has 1 saturated heterocycles. The van der Waals surface area contributed by atoms with Crippen molar-refractivity contribution >= 4 is 5.91 Å². The predicted molar refractivity (Wildman–Crippen MR) is 103 cm³/mol. The third-order valence-corrected chi connectivity index (χ3v) is 5.09. The molecule has 0 N–H and O–H groups in total. The van der Waals surface area contributed by atoms with E-state index in [-0.39, 0.29) is 18.6 Å². The first-order chi connectivity index (χ1) is 13.5. The van der Waals surface area contributed by atoms with E-state index in [1.54, 1.807) is 10.9 Å². The smallest absolute Gasteiger partial charge is 0.244 e. The second kappa shape index (κ2) is 9.70. The van der Waals surface area contributed by atoms with Crippen LogP contribution in [-0.4, -0.2) is 73.2 Å². The Morgan fingerprint density at radius 1 is 1.39 bits per heavy atom. The van der Waals surface area contributed by atoms with Crippen molar-refractivity contribution in [1.82, 2.24) is 35.0 Å². The lowest BCUT2D eigenvalue weighted by molar-refractivity contribution is -0.136. The van der Waals surface area contributed by atoms with Crippen molar-refractivity contribution in [3.8, 4) is 0 Å². The number of hydrogen-bond donors (Lipinski definition) is 0. The maximum Gasteiger partial charge on any atom is 0.244 e. The van der Waals surface area contributed by atoms with E-state index in [1.165, 1.54) is 0 Å². The minimum Gasteiger partial charge on any atom is -0.370 e. The standard InChI is InChI=1S/C19H29N7O2/c1-15(2)24(3)12-18-21-22-23-26(18)13-19(27)25-10-6-8-17(11-25)28-14-16-7-4-5-9-20-16/h4-5,7,9,15,17H,6,8,10-14H2,1-3H3. The van der Waals surface area contributed by atoms with Crippen molar-refractivity contribution in [2.45, 2.75) is 58.5 Å². The number of carbonyl (C=O) groups is 1. The summed E-state index contributed by atoms with van der Waals surface area (Å²) in [5.41, 5.74) is 0.901. The lowest BCUT2D eigenvalue weighted by Crippen LogP contribution is -2.44. The van der Waals surface area contributed by atoms with E-state index in [4.69, 9.17) is 4.74 Å². The van der Waals surface area contributed by atoms with Crippen LogP contribution in [0.5, 0.6) is 0 Å². The summed E-state index contributed by atoms with van der Waals surface area (Å²) in [7, 11) is 2.01. The Morgan fingerprint density at radius 3 is 3.00 bits per heavy atom. The molecule has 1 fully saturated rings. The molecule has 0 aliphatic carbocycles. The number of amides is 1. The van der Waals surface area contributed by atoms with E-state index in [1.807, 2.05) is 30.1 Å². The molecule has 0 bridgehead atoms. The Balaban J connectivity index is 1.52. The number of likely N-dealkylation sites (tertiary alicyclic amines) is 1. The average Bonchev–Trinajstić information content (AvgIpc) is 3.13. The summed E-state index contributed by atoms with van der Waals surface area (Å²) in [5.74, 6) is 0.719. The fourth-order valence-corrected chi connectivity index (χ4v) is 3.08. The highest BCUT2D eigenvalue weighted by molar-refractivity contribution is 5.76. The number of hydrogen-bond acceptors (Lipinski definition) is 7. The van der Waals surface area contributed by atoms with Crippen molar-refractivity contribution < 1.29 is 9.53 Å². The topological polar surface area (TPSA) is 89.3 Å². The van der Waals surface area contributed by atoms with Gasteiger partial charge in [0, 0.05) is 25.3 Å². The molecule has 0 saturated carbocycles. The first-order valence-corrected chi connectivity index (χ1v) is 9.77. The zero-order valence-corrected chi connectivity index (χ0v) is 16.9. The van der Waals surface area contributed by atoms with Crippen LogP contribution in [0.15, 0.2) is 24.4 Å². The molecule has 3 heterocycles. The number of rotatable bonds is 8. The van der Waals surface area contributed by atoms with Gasteiger partial charge in [-0.15, -0.1) is 5.10 Å². The van der Waals surface area contributed by atoms with Crippen molar-refractivity contribution in [2.24, 2.45) is 0 Å². The molecule has 1 aliphatic rings. The second-order valence-electron chi connectivity index (χ2n) is 7.50. The molecule has 9 nitrogen and oxygen atoms in total. The third kappa shape index (κ3) is 5.56. The van der Waals surface area contributed by atoms with Gasteiger partial charge in [-0.1, -0.05) is 6.07 Å². The van der Waals surface area contributed by atoms with Crippen LogP contribution in [0, 0.1) is 0 Å². The quantitative estimate of drug-likeness (QED) is 0.670. The Hall–Kier alpha value is -2.39. The molecule has 0 spiro atoms. The third-order valence-electron chi connectivity index (χ3n) is 5.09. The molecule has 28 heavy (non-hydrogen) atoms. The predicted octanol–water partition coefficient (Wildman–Crippen LogP) is 1.12. The van der Waals surface area contributed by atoms with Crippen molar-refractivity contribution in [2.75, 3.05) is 20.1 Å². The Morgan fingerprint density at radius 2 is 2.25 bits per heavy atom. The number of aromatic nitrogens is 5. The highest BCUT2D eigenvalue weighted by atomic mass is 16.5. The summed E-state index contributed by atoms with van der Waals surface area (Å²) in [6.45, 7) is 6.78. The molecule has 3 rings (SSSR count). The molecular weight excluding hydrogens is 358 g/mol. The SMILES string of the molecule is CC(C)N(C)Cc1nnnn1CC(=O)N1CCCC(OCc2ccccn2)C1. The van der Waals surface area contributed by atoms with E-state index in [9.17, 15) is 4.79 Å². The van der Waals surface area contributed by atoms with Gasteiger partial charge in [0.25, 0.3) is 0 Å². The van der Waals surface area contributed by atoms with Gasteiger partial charge in [0.1, 0.15) is 6.54 Å². The normalized spacial score (nSPS) is 17.5. The van der Waals surface area contributed by atoms with Crippen LogP contribution in [0.2, 0.25) is 0 Å². The van der Waals surface area contributed by atoms with Gasteiger partial charge in [-0.25, -0.2) is 4.68 Å². The minimum atomic E-state index is 0.0203. The van der Waals surface area contributed by atoms with Crippen molar-refractivity contribution in [3.63, 3.8) is 0 Å². The summed E-state index contributed by atoms with van der Waals surface area (Å²) >= 11 is 0. The van der Waals surface area contributed by atoms with E-state index in [0.717, 1.165) is 25.1 Å². The fourth-order valence-electron chi connectivity index (χ4n) is 3.08. The van der Waals surface area contributed by atoms with Gasteiger partial charge in [0.15, 0.2) is 5.82 Å². The Kier molecular flexibility index (Phi) is 7.05. The number of ether oxygens (including phenoxy) is 1. The molecule has 2 aromatic rings. The average molecular weight is 387 g/mol. The van der Waals surface area contributed by atoms with Crippen LogP contribution < -0.4 is 0 Å². The van der Waals surface area contributed by atoms with E-state index in [0.29, 0.717) is 31.6 Å². The lowest BCUT2D eigenvalue weighted by atomic mass is 10.1. The van der Waals surface area contributed by atoms with Crippen molar-refractivity contribution in [3.05, 3.63) is 35.9 Å². The van der Waals surface area contributed by atoms with Gasteiger partial charge in [0.05, 0.1) is 24.9 Å². The largest absolute Gasteiger partial charge is 0.370 e. The van der Waals surface area contributed by atoms with Crippen LogP contribution in [0.3, 0.4) is 0 Å². The number of tetrazole rings is 1. The van der Waals surface area contributed by atoms with Gasteiger partial charge in [0.2, 0.25) is 5.91 Å². The van der Waals surface area contributed by atoms with E-state index >= 15 is 0 Å². The fraction of sp³-hybridized carbons (Fsp3) is 0.632. The van der Waals surface area contributed by atoms with Crippen molar-refractivity contribution in [1.29, 1.82) is 0 Å². The van der Waals surface area contributed by atoms with Crippen LogP contribution in [-0.2, 0) is 29.2 Å². The van der Waals surface area contributed by atoms with Crippen LogP contribution in [0.4, 0.5) is 0 Å².